The molecule has 146 valence electrons. The summed E-state index contributed by atoms with van der Waals surface area (Å²) in [5.74, 6) is -0.590. The molecule has 1 fully saturated rings. The highest BCUT2D eigenvalue weighted by Gasteiger charge is 2.51. The Bertz CT molecular complexity index is 563. The Morgan fingerprint density at radius 3 is 2.27 bits per heavy atom. The van der Waals surface area contributed by atoms with Crippen molar-refractivity contribution in [2.24, 2.45) is 0 Å². The Hall–Kier alpha value is -2.15. The van der Waals surface area contributed by atoms with Gasteiger partial charge in [0.05, 0.1) is 0 Å². The molecule has 0 aromatic carbocycles. The van der Waals surface area contributed by atoms with E-state index in [0.717, 1.165) is 0 Å². The predicted octanol–water partition coefficient (Wildman–Crippen LogP) is 0.540. The van der Waals surface area contributed by atoms with Crippen LogP contribution in [-0.4, -0.2) is 61.5 Å². The lowest BCUT2D eigenvalue weighted by molar-refractivity contribution is -0.196. The van der Waals surface area contributed by atoms with Crippen molar-refractivity contribution in [3.63, 3.8) is 0 Å². The lowest BCUT2D eigenvalue weighted by Crippen LogP contribution is -2.49. The highest BCUT2D eigenvalue weighted by atomic mass is 16.8. The minimum Gasteiger partial charge on any atom is -0.462 e. The van der Waals surface area contributed by atoms with Crippen LogP contribution in [-0.2, 0) is 42.8 Å². The molecule has 4 atom stereocenters. The summed E-state index contributed by atoms with van der Waals surface area (Å²) in [6.45, 7) is 6.42. The summed E-state index contributed by atoms with van der Waals surface area (Å²) in [5.41, 5.74) is 0. The number of carbonyl (C=O) groups excluding carboxylic acids is 3. The van der Waals surface area contributed by atoms with Crippen LogP contribution in [0.15, 0.2) is 0 Å². The maximum Gasteiger partial charge on any atom is 0.305 e. The van der Waals surface area contributed by atoms with Gasteiger partial charge in [0.25, 0.3) is 0 Å². The van der Waals surface area contributed by atoms with Crippen LogP contribution in [0.5, 0.6) is 0 Å². The molecule has 9 nitrogen and oxygen atoms in total. The van der Waals surface area contributed by atoms with Gasteiger partial charge < -0.3 is 28.4 Å². The first-order valence-electron chi connectivity index (χ1n) is 7.94. The molecule has 0 spiro atoms. The van der Waals surface area contributed by atoms with Crippen molar-refractivity contribution < 1.29 is 42.8 Å². The van der Waals surface area contributed by atoms with Gasteiger partial charge in [-0.15, -0.1) is 6.42 Å². The number of hydrogen-bond donors (Lipinski definition) is 0. The topological polar surface area (TPSA) is 107 Å². The van der Waals surface area contributed by atoms with Gasteiger partial charge >= 0.3 is 17.9 Å². The molecule has 1 aliphatic heterocycles. The first kappa shape index (κ1) is 21.9. The average molecular weight is 372 g/mol. The van der Waals surface area contributed by atoms with E-state index in [2.05, 4.69) is 5.92 Å². The number of hydrogen-bond acceptors (Lipinski definition) is 9. The van der Waals surface area contributed by atoms with Crippen LogP contribution in [0.2, 0.25) is 0 Å². The van der Waals surface area contributed by atoms with Crippen molar-refractivity contribution in [2.45, 2.75) is 65.0 Å². The Labute approximate surface area is 152 Å². The molecule has 0 radical (unpaired) electrons. The van der Waals surface area contributed by atoms with Gasteiger partial charge in [0.2, 0.25) is 6.29 Å². The van der Waals surface area contributed by atoms with Crippen molar-refractivity contribution in [3.8, 4) is 12.3 Å². The third-order valence-electron chi connectivity index (χ3n) is 3.19. The fraction of sp³-hybridized carbons (Fsp3) is 0.706. The molecular weight excluding hydrogens is 348 g/mol. The predicted molar refractivity (Wildman–Crippen MR) is 86.4 cm³/mol. The molecule has 0 N–H and O–H groups in total. The summed E-state index contributed by atoms with van der Waals surface area (Å²) in [5, 5.41) is 0. The summed E-state index contributed by atoms with van der Waals surface area (Å²) in [6, 6.07) is 0. The lowest BCUT2D eigenvalue weighted by Gasteiger charge is -2.31. The van der Waals surface area contributed by atoms with E-state index >= 15 is 0 Å². The van der Waals surface area contributed by atoms with E-state index < -0.39 is 48.3 Å². The molecule has 9 heteroatoms. The number of ether oxygens (including phenoxy) is 6. The van der Waals surface area contributed by atoms with Crippen LogP contribution < -0.4 is 0 Å². The molecule has 1 unspecified atom stereocenters. The third-order valence-corrected chi connectivity index (χ3v) is 3.19. The SMILES string of the molecule is C#CCO[C@@H]([C@@H](COC(C)=O)OC(C)=O)[C@H]1OC(C)(C)OC1OC(C)=O. The minimum atomic E-state index is -1.12. The Morgan fingerprint density at radius 1 is 1.12 bits per heavy atom. The highest BCUT2D eigenvalue weighted by molar-refractivity contribution is 5.67. The second kappa shape index (κ2) is 9.52. The zero-order valence-corrected chi connectivity index (χ0v) is 15.5. The standard InChI is InChI=1S/C17H24O9/c1-7-8-21-14(13(23-11(3)19)9-22-10(2)18)15-16(24-12(4)20)26-17(5,6)25-15/h1,13-16H,8-9H2,2-6H3/t13-,14+,15-,16?/m1/s1. The lowest BCUT2D eigenvalue weighted by atomic mass is 10.1. The molecule has 0 amide bonds. The maximum atomic E-state index is 11.5. The molecule has 0 saturated carbocycles. The molecule has 1 aliphatic rings. The van der Waals surface area contributed by atoms with Gasteiger partial charge in [0, 0.05) is 20.8 Å². The number of carbonyl (C=O) groups is 3. The summed E-state index contributed by atoms with van der Waals surface area (Å²) in [4.78, 5) is 34.0. The molecule has 0 aromatic rings. The van der Waals surface area contributed by atoms with E-state index in [1.165, 1.54) is 20.8 Å². The largest absolute Gasteiger partial charge is 0.462 e. The monoisotopic (exact) mass is 372 g/mol. The van der Waals surface area contributed by atoms with Gasteiger partial charge in [-0.3, -0.25) is 14.4 Å². The number of rotatable bonds is 8. The second-order valence-electron chi connectivity index (χ2n) is 6.01. The normalized spacial score (nSPS) is 23.4. The van der Waals surface area contributed by atoms with Crippen molar-refractivity contribution in [1.82, 2.24) is 0 Å². The first-order chi connectivity index (χ1) is 12.1. The Kier molecular flexibility index (Phi) is 8.02. The Morgan fingerprint density at radius 2 is 1.77 bits per heavy atom. The minimum absolute atomic E-state index is 0.143. The molecule has 1 heterocycles. The number of esters is 3. The molecule has 1 saturated heterocycles. The van der Waals surface area contributed by atoms with Gasteiger partial charge in [-0.05, 0) is 13.8 Å². The summed E-state index contributed by atoms with van der Waals surface area (Å²) in [6.07, 6.45) is 1.08. The van der Waals surface area contributed by atoms with Crippen molar-refractivity contribution in [1.29, 1.82) is 0 Å². The first-order valence-corrected chi connectivity index (χ1v) is 7.94. The quantitative estimate of drug-likeness (QED) is 0.343. The maximum absolute atomic E-state index is 11.5. The second-order valence-corrected chi connectivity index (χ2v) is 6.01. The van der Waals surface area contributed by atoms with Gasteiger partial charge in [-0.1, -0.05) is 5.92 Å². The van der Waals surface area contributed by atoms with Crippen LogP contribution in [0.4, 0.5) is 0 Å². The summed E-state index contributed by atoms with van der Waals surface area (Å²) >= 11 is 0. The van der Waals surface area contributed by atoms with E-state index in [1.807, 2.05) is 0 Å². The number of terminal acetylenes is 1. The van der Waals surface area contributed by atoms with Crippen molar-refractivity contribution in [3.05, 3.63) is 0 Å². The van der Waals surface area contributed by atoms with Gasteiger partial charge in [-0.25, -0.2) is 0 Å². The van der Waals surface area contributed by atoms with Crippen molar-refractivity contribution in [2.75, 3.05) is 13.2 Å². The van der Waals surface area contributed by atoms with Crippen LogP contribution in [0.1, 0.15) is 34.6 Å². The fourth-order valence-corrected chi connectivity index (χ4v) is 2.40. The highest BCUT2D eigenvalue weighted by Crippen LogP contribution is 2.33. The molecule has 0 aliphatic carbocycles. The summed E-state index contributed by atoms with van der Waals surface area (Å²) in [7, 11) is 0. The van der Waals surface area contributed by atoms with E-state index in [4.69, 9.17) is 34.8 Å². The average Bonchev–Trinajstić information content (AvgIpc) is 2.78. The van der Waals surface area contributed by atoms with Gasteiger partial charge in [0.15, 0.2) is 18.0 Å². The summed E-state index contributed by atoms with van der Waals surface area (Å²) < 4.78 is 32.2. The molecular formula is C17H24O9. The molecule has 26 heavy (non-hydrogen) atoms. The molecule has 1 rings (SSSR count). The van der Waals surface area contributed by atoms with Crippen LogP contribution in [0.25, 0.3) is 0 Å². The van der Waals surface area contributed by atoms with Gasteiger partial charge in [-0.2, -0.15) is 0 Å². The third kappa shape index (κ3) is 7.00. The fourth-order valence-electron chi connectivity index (χ4n) is 2.40. The van der Waals surface area contributed by atoms with Gasteiger partial charge in [0.1, 0.15) is 19.3 Å². The zero-order valence-electron chi connectivity index (χ0n) is 15.5. The van der Waals surface area contributed by atoms with E-state index in [0.29, 0.717) is 0 Å². The zero-order chi connectivity index (χ0) is 19.9. The van der Waals surface area contributed by atoms with Crippen LogP contribution >= 0.6 is 0 Å². The van der Waals surface area contributed by atoms with Crippen LogP contribution in [0, 0.1) is 12.3 Å². The van der Waals surface area contributed by atoms with E-state index in [1.54, 1.807) is 13.8 Å². The Balaban J connectivity index is 3.12. The van der Waals surface area contributed by atoms with E-state index in [-0.39, 0.29) is 13.2 Å². The van der Waals surface area contributed by atoms with Crippen molar-refractivity contribution >= 4 is 17.9 Å². The molecule has 0 aromatic heterocycles. The smallest absolute Gasteiger partial charge is 0.305 e. The van der Waals surface area contributed by atoms with E-state index in [9.17, 15) is 14.4 Å². The van der Waals surface area contributed by atoms with Crippen LogP contribution in [0.3, 0.4) is 0 Å². The molecule has 0 bridgehead atoms.